The summed E-state index contributed by atoms with van der Waals surface area (Å²) in [7, 11) is 0. The molecular weight excluding hydrogens is 138 g/mol. The first-order chi connectivity index (χ1) is 3.91. The summed E-state index contributed by atoms with van der Waals surface area (Å²) in [5, 5.41) is 0. The molecule has 1 heterocycles. The fourth-order valence-electron chi connectivity index (χ4n) is 0.278. The zero-order chi connectivity index (χ0) is 6.24. The summed E-state index contributed by atoms with van der Waals surface area (Å²) < 4.78 is 1.28. The van der Waals surface area contributed by atoms with E-state index < -0.39 is 0 Å². The molecule has 8 heavy (non-hydrogen) atoms. The molecule has 0 spiro atoms. The summed E-state index contributed by atoms with van der Waals surface area (Å²) in [6, 6.07) is 3.89. The second kappa shape index (κ2) is 6.72. The van der Waals surface area contributed by atoms with E-state index in [9.17, 15) is 0 Å². The third-order valence-corrected chi connectivity index (χ3v) is 0.496. The van der Waals surface area contributed by atoms with Gasteiger partial charge in [0.2, 0.25) is 0 Å². The molecule has 0 aliphatic carbocycles. The van der Waals surface area contributed by atoms with Gasteiger partial charge in [-0.2, -0.15) is 0 Å². The molecule has 0 saturated heterocycles. The summed E-state index contributed by atoms with van der Waals surface area (Å²) >= 11 is 7.61. The molecule has 1 aromatic heterocycles. The number of aromatic nitrogens is 1. The molecule has 1 nitrogen and oxygen atoms in total. The SMILES string of the molecule is S=CS.c1cc[nH]c1. The van der Waals surface area contributed by atoms with E-state index in [-0.39, 0.29) is 0 Å². The van der Waals surface area contributed by atoms with E-state index in [2.05, 4.69) is 29.8 Å². The number of thiocarbonyl (C=S) groups is 1. The highest BCUT2D eigenvalue weighted by atomic mass is 32.1. The smallest absolute Gasteiger partial charge is 0.0310 e. The molecule has 0 radical (unpaired) electrons. The predicted octanol–water partition coefficient (Wildman–Crippen LogP) is 1.89. The van der Waals surface area contributed by atoms with Crippen LogP contribution in [0, 0.1) is 0 Å². The summed E-state index contributed by atoms with van der Waals surface area (Å²) in [5.41, 5.74) is 0. The maximum atomic E-state index is 4.13. The van der Waals surface area contributed by atoms with Crippen molar-refractivity contribution in [3.05, 3.63) is 24.5 Å². The molecule has 0 unspecified atom stereocenters. The van der Waals surface area contributed by atoms with Crippen LogP contribution in [0.3, 0.4) is 0 Å². The third-order valence-electron chi connectivity index (χ3n) is 0.496. The van der Waals surface area contributed by atoms with Gasteiger partial charge in [0.1, 0.15) is 0 Å². The van der Waals surface area contributed by atoms with Gasteiger partial charge in [0, 0.05) is 17.1 Å². The largest absolute Gasteiger partial charge is 0.368 e. The molecule has 0 saturated carbocycles. The van der Waals surface area contributed by atoms with Gasteiger partial charge in [-0.25, -0.2) is 0 Å². The lowest BCUT2D eigenvalue weighted by molar-refractivity contribution is 1.42. The van der Waals surface area contributed by atoms with Crippen molar-refractivity contribution in [3.63, 3.8) is 0 Å². The fraction of sp³-hybridized carbons (Fsp3) is 0. The van der Waals surface area contributed by atoms with E-state index in [0.29, 0.717) is 0 Å². The molecule has 0 bridgehead atoms. The molecule has 0 amide bonds. The van der Waals surface area contributed by atoms with Crippen molar-refractivity contribution in [2.45, 2.75) is 0 Å². The van der Waals surface area contributed by atoms with Crippen LogP contribution >= 0.6 is 24.8 Å². The predicted molar refractivity (Wildman–Crippen MR) is 43.4 cm³/mol. The Morgan fingerprint density at radius 3 is 1.88 bits per heavy atom. The average Bonchev–Trinajstić information content (AvgIpc) is 2.17. The van der Waals surface area contributed by atoms with Crippen LogP contribution in [0.2, 0.25) is 0 Å². The zero-order valence-corrected chi connectivity index (χ0v) is 5.95. The van der Waals surface area contributed by atoms with Crippen LogP contribution in [0.4, 0.5) is 0 Å². The van der Waals surface area contributed by atoms with Gasteiger partial charge in [0.25, 0.3) is 0 Å². The Kier molecular flexibility index (Phi) is 6.48. The highest BCUT2D eigenvalue weighted by Crippen LogP contribution is 1.72. The Hall–Kier alpha value is -0.280. The van der Waals surface area contributed by atoms with Crippen molar-refractivity contribution >= 4 is 29.5 Å². The number of hydrogen-bond acceptors (Lipinski definition) is 1. The highest BCUT2D eigenvalue weighted by Gasteiger charge is 1.55. The van der Waals surface area contributed by atoms with Crippen LogP contribution in [0.1, 0.15) is 0 Å². The molecule has 0 aliphatic rings. The van der Waals surface area contributed by atoms with E-state index in [1.165, 1.54) is 4.70 Å². The van der Waals surface area contributed by atoms with Crippen molar-refractivity contribution in [1.29, 1.82) is 0 Å². The topological polar surface area (TPSA) is 15.8 Å². The van der Waals surface area contributed by atoms with E-state index in [1.807, 2.05) is 24.5 Å². The Balaban J connectivity index is 0.000000145. The standard InChI is InChI=1S/C4H5N.CH2S2/c1-2-4-5-3-1;2-1-3/h1-5H;1H,(H,2,3). The van der Waals surface area contributed by atoms with Gasteiger partial charge in [0.15, 0.2) is 0 Å². The van der Waals surface area contributed by atoms with E-state index >= 15 is 0 Å². The summed E-state index contributed by atoms with van der Waals surface area (Å²) in [4.78, 5) is 2.86. The highest BCUT2D eigenvalue weighted by molar-refractivity contribution is 8.08. The van der Waals surface area contributed by atoms with Crippen LogP contribution in [-0.4, -0.2) is 9.68 Å². The lowest BCUT2D eigenvalue weighted by atomic mass is 10.7. The molecule has 0 atom stereocenters. The fourth-order valence-corrected chi connectivity index (χ4v) is 0.278. The minimum atomic E-state index is 1.28. The lowest BCUT2D eigenvalue weighted by Gasteiger charge is -1.49. The second-order valence-electron chi connectivity index (χ2n) is 0.990. The Bertz CT molecular complexity index is 96.8. The maximum absolute atomic E-state index is 4.13. The van der Waals surface area contributed by atoms with Gasteiger partial charge in [-0.05, 0) is 12.1 Å². The number of rotatable bonds is 0. The maximum Gasteiger partial charge on any atom is 0.0310 e. The number of nitrogens with one attached hydrogen (secondary N) is 1. The summed E-state index contributed by atoms with van der Waals surface area (Å²) in [6.45, 7) is 0. The van der Waals surface area contributed by atoms with Crippen LogP contribution in [0.5, 0.6) is 0 Å². The van der Waals surface area contributed by atoms with E-state index in [0.717, 1.165) is 0 Å². The molecule has 1 N–H and O–H groups in total. The van der Waals surface area contributed by atoms with Crippen molar-refractivity contribution < 1.29 is 0 Å². The average molecular weight is 145 g/mol. The minimum Gasteiger partial charge on any atom is -0.368 e. The van der Waals surface area contributed by atoms with Gasteiger partial charge >= 0.3 is 0 Å². The van der Waals surface area contributed by atoms with E-state index in [1.54, 1.807) is 0 Å². The number of hydrogen-bond donors (Lipinski definition) is 2. The lowest BCUT2D eigenvalue weighted by Crippen LogP contribution is -1.38. The Morgan fingerprint density at radius 2 is 1.75 bits per heavy atom. The van der Waals surface area contributed by atoms with Crippen LogP contribution in [0.15, 0.2) is 24.5 Å². The Morgan fingerprint density at radius 1 is 1.38 bits per heavy atom. The molecule has 3 heteroatoms. The van der Waals surface area contributed by atoms with Crippen molar-refractivity contribution in [2.24, 2.45) is 0 Å². The third kappa shape index (κ3) is 5.72. The van der Waals surface area contributed by atoms with Gasteiger partial charge in [-0.15, -0.1) is 12.6 Å². The molecule has 0 fully saturated rings. The first kappa shape index (κ1) is 7.72. The minimum absolute atomic E-state index is 1.28. The van der Waals surface area contributed by atoms with Crippen LogP contribution in [0.25, 0.3) is 0 Å². The van der Waals surface area contributed by atoms with Gasteiger partial charge in [-0.1, -0.05) is 12.2 Å². The number of aromatic amines is 1. The van der Waals surface area contributed by atoms with Crippen LogP contribution < -0.4 is 0 Å². The van der Waals surface area contributed by atoms with Crippen molar-refractivity contribution in [3.8, 4) is 0 Å². The first-order valence-corrected chi connectivity index (χ1v) is 3.06. The van der Waals surface area contributed by atoms with Crippen molar-refractivity contribution in [1.82, 2.24) is 4.98 Å². The van der Waals surface area contributed by atoms with Gasteiger partial charge in [0.05, 0.1) is 0 Å². The molecular formula is C5H7NS2. The number of thiol groups is 1. The summed E-state index contributed by atoms with van der Waals surface area (Å²) in [5.74, 6) is 0. The van der Waals surface area contributed by atoms with Gasteiger partial charge < -0.3 is 4.98 Å². The van der Waals surface area contributed by atoms with Crippen LogP contribution in [-0.2, 0) is 0 Å². The first-order valence-electron chi connectivity index (χ1n) is 2.07. The molecule has 44 valence electrons. The summed E-state index contributed by atoms with van der Waals surface area (Å²) in [6.07, 6.45) is 3.75. The molecule has 1 aromatic rings. The molecule has 0 aliphatic heterocycles. The van der Waals surface area contributed by atoms with Crippen molar-refractivity contribution in [2.75, 3.05) is 0 Å². The monoisotopic (exact) mass is 145 g/mol. The normalized spacial score (nSPS) is 6.62. The zero-order valence-electron chi connectivity index (χ0n) is 4.24. The Labute approximate surface area is 59.5 Å². The second-order valence-corrected chi connectivity index (χ2v) is 1.83. The molecule has 0 aromatic carbocycles. The molecule has 1 rings (SSSR count). The van der Waals surface area contributed by atoms with E-state index in [4.69, 9.17) is 0 Å². The number of H-pyrrole nitrogens is 1. The quantitative estimate of drug-likeness (QED) is 0.421. The van der Waals surface area contributed by atoms with Gasteiger partial charge in [-0.3, -0.25) is 0 Å².